The Bertz CT molecular complexity index is 4430. The third-order valence-electron chi connectivity index (χ3n) is 18.9. The highest BCUT2D eigenvalue weighted by atomic mass is 15.2. The quantitative estimate of drug-likeness (QED) is 0.150. The summed E-state index contributed by atoms with van der Waals surface area (Å²) in [7, 11) is 0. The molecule has 13 aromatic rings. The minimum Gasteiger partial charge on any atom is -0.309 e. The molecule has 4 heteroatoms. The molecule has 0 spiro atoms. The molecule has 0 saturated carbocycles. The number of hydrogen-bond acceptors (Lipinski definition) is 3. The molecule has 8 aliphatic heterocycles. The maximum absolute atomic E-state index is 3.12. The Morgan fingerprint density at radius 2 is 0.363 bits per heavy atom. The summed E-state index contributed by atoms with van der Waals surface area (Å²) in [6.07, 6.45) is 8.28. The van der Waals surface area contributed by atoms with Crippen LogP contribution in [0.3, 0.4) is 0 Å². The number of benzene rings is 10. The molecule has 8 aliphatic rings. The highest BCUT2D eigenvalue weighted by molar-refractivity contribution is 6.11. The molecular weight excluding hydrogens is 1500 g/mol. The Hall–Kier alpha value is -10.5. The number of rotatable bonds is 0. The van der Waals surface area contributed by atoms with E-state index in [1.165, 1.54) is 168 Å². The summed E-state index contributed by atoms with van der Waals surface area (Å²) >= 11 is 0. The van der Waals surface area contributed by atoms with Crippen molar-refractivity contribution in [3.8, 4) is 5.69 Å². The standard InChI is InChI=1S/C21H15N.C20H15N.C20H13N.C19H11N.20C2H6/c1-4-13-10-15-6-2-8-17-12-18-9-3-7-16-11-14(5-1)19(13)22(20(15)17)21(16)18;2*1-3-10-18-14(6-1)12-16-8-5-9-17-13-15-7-2-4-11-19(15)21(18)20(16)17;1-3-10-17-13(6-1)12-14-7-5-9-16-15-8-2-4-11-18(15)20(17)19(14)16;20*1-2/h1-9H,10-12H2;1-11H,12-13H2;1,3,5-11H,12-13H2;2,4-11H,12H2;20*1-2H3. The summed E-state index contributed by atoms with van der Waals surface area (Å²) in [4.78, 5) is 7.44. The van der Waals surface area contributed by atoms with E-state index in [1.54, 1.807) is 0 Å². The predicted octanol–water partition coefficient (Wildman–Crippen LogP) is 39.2. The average molecular weight is 1670 g/mol. The number of aromatic nitrogens is 1. The summed E-state index contributed by atoms with van der Waals surface area (Å²) in [6.45, 7) is 80.0. The Morgan fingerprint density at radius 1 is 0.161 bits per heavy atom. The molecule has 0 bridgehead atoms. The zero-order valence-corrected chi connectivity index (χ0v) is 86.4. The largest absolute Gasteiger partial charge is 0.309 e. The zero-order chi connectivity index (χ0) is 95.0. The van der Waals surface area contributed by atoms with Gasteiger partial charge >= 0.3 is 0 Å². The first-order valence-corrected chi connectivity index (χ1v) is 49.7. The molecule has 124 heavy (non-hydrogen) atoms. The van der Waals surface area contributed by atoms with Crippen LogP contribution in [-0.4, -0.2) is 4.57 Å². The second-order valence-electron chi connectivity index (χ2n) is 23.6. The highest BCUT2D eigenvalue weighted by Crippen LogP contribution is 2.56. The smallest absolute Gasteiger partial charge is 0.0587 e. The first-order chi connectivity index (χ1) is 61.7. The molecule has 4 nitrogen and oxygen atoms in total. The zero-order valence-electron chi connectivity index (χ0n) is 86.4. The summed E-state index contributed by atoms with van der Waals surface area (Å²) in [5.41, 5.74) is 39.1. The van der Waals surface area contributed by atoms with Gasteiger partial charge in [0, 0.05) is 91.3 Å². The number of hydrogen-bond donors (Lipinski definition) is 0. The van der Waals surface area contributed by atoms with E-state index >= 15 is 0 Å². The van der Waals surface area contributed by atoms with E-state index in [0.29, 0.717) is 0 Å². The van der Waals surface area contributed by atoms with Gasteiger partial charge in [-0.1, -0.05) is 483 Å². The van der Waals surface area contributed by atoms with E-state index < -0.39 is 0 Å². The molecule has 12 aromatic carbocycles. The molecule has 0 saturated heterocycles. The van der Waals surface area contributed by atoms with E-state index in [-0.39, 0.29) is 0 Å². The topological polar surface area (TPSA) is 14.7 Å². The van der Waals surface area contributed by atoms with Crippen LogP contribution in [0.15, 0.2) is 231 Å². The van der Waals surface area contributed by atoms with Crippen molar-refractivity contribution >= 4 is 73.0 Å². The average Bonchev–Trinajstić information content (AvgIpc) is 0.919. The Morgan fingerprint density at radius 3 is 0.685 bits per heavy atom. The van der Waals surface area contributed by atoms with E-state index in [0.717, 1.165) is 51.4 Å². The molecule has 0 unspecified atom stereocenters. The normalized spacial score (nSPS) is 10.5. The van der Waals surface area contributed by atoms with Crippen molar-refractivity contribution in [2.75, 3.05) is 14.7 Å². The summed E-state index contributed by atoms with van der Waals surface area (Å²) < 4.78 is 2.38. The lowest BCUT2D eigenvalue weighted by Gasteiger charge is -2.44. The van der Waals surface area contributed by atoms with Gasteiger partial charge in [0.25, 0.3) is 0 Å². The molecular formula is C120H174N4. The van der Waals surface area contributed by atoms with Crippen LogP contribution < -0.4 is 14.7 Å². The predicted molar refractivity (Wildman–Crippen MR) is 569 cm³/mol. The number of para-hydroxylation sites is 10. The van der Waals surface area contributed by atoms with Crippen molar-refractivity contribution in [3.05, 3.63) is 344 Å². The van der Waals surface area contributed by atoms with Crippen LogP contribution in [0, 0.1) is 24.3 Å². The molecule has 674 valence electrons. The third kappa shape index (κ3) is 27.2. The summed E-state index contributed by atoms with van der Waals surface area (Å²) in [5, 5.41) is 2.67. The van der Waals surface area contributed by atoms with E-state index in [1.807, 2.05) is 277 Å². The molecule has 1 aromatic heterocycles. The first kappa shape index (κ1) is 118. The highest BCUT2D eigenvalue weighted by Gasteiger charge is 2.37. The molecule has 0 amide bonds. The number of nitrogens with zero attached hydrogens (tertiary/aromatic N) is 4. The SMILES string of the molecule is CC.CC.CC.CC.CC.CC.CC.CC.CC.CC.CC.CC.CC.CC.CC.CC.CC.CC.CC.CC.c1cc2c(cc#1)-n1c3ccccc3c3cccc(c31)C2.c1cc2c(cc#1)N1c3ccccc3Cc3cccc(c31)C2.c1cc2c3c(c1)Cc1cccc4c1N3c1c(cccc1C4)C2.c1ccc2c(c1)Cc1cccc3c1N2c1ccccc1C3. The minimum atomic E-state index is 0.980. The fourth-order valence-electron chi connectivity index (χ4n) is 15.4. The van der Waals surface area contributed by atoms with Crippen molar-refractivity contribution in [1.82, 2.24) is 4.57 Å². The second-order valence-corrected chi connectivity index (χ2v) is 23.6. The van der Waals surface area contributed by atoms with Gasteiger partial charge in [0.05, 0.1) is 50.8 Å². The minimum absolute atomic E-state index is 0.980. The number of anilines is 9. The maximum Gasteiger partial charge on any atom is 0.0587 e. The lowest BCUT2D eigenvalue weighted by Crippen LogP contribution is -2.29. The van der Waals surface area contributed by atoms with E-state index in [4.69, 9.17) is 0 Å². The van der Waals surface area contributed by atoms with Crippen LogP contribution in [-0.2, 0) is 51.4 Å². The van der Waals surface area contributed by atoms with Crippen LogP contribution >= 0.6 is 0 Å². The van der Waals surface area contributed by atoms with Crippen molar-refractivity contribution in [3.63, 3.8) is 0 Å². The van der Waals surface area contributed by atoms with Gasteiger partial charge in [0.15, 0.2) is 0 Å². The first-order valence-electron chi connectivity index (χ1n) is 49.7. The van der Waals surface area contributed by atoms with Crippen molar-refractivity contribution in [2.24, 2.45) is 0 Å². The van der Waals surface area contributed by atoms with Crippen molar-refractivity contribution in [2.45, 2.75) is 328 Å². The van der Waals surface area contributed by atoms with Gasteiger partial charge in [-0.2, -0.15) is 0 Å². The molecule has 0 radical (unpaired) electrons. The fraction of sp³-hybridized carbons (Fsp3) is 0.400. The van der Waals surface area contributed by atoms with Gasteiger partial charge in [0.1, 0.15) is 0 Å². The Labute approximate surface area is 765 Å². The third-order valence-corrected chi connectivity index (χ3v) is 18.9. The van der Waals surface area contributed by atoms with E-state index in [9.17, 15) is 0 Å². The van der Waals surface area contributed by atoms with Gasteiger partial charge in [0.2, 0.25) is 0 Å². The van der Waals surface area contributed by atoms with Gasteiger partial charge < -0.3 is 19.3 Å². The summed E-state index contributed by atoms with van der Waals surface area (Å²) in [6, 6.07) is 96.1. The lowest BCUT2D eigenvalue weighted by atomic mass is 9.80. The molecule has 9 heterocycles. The van der Waals surface area contributed by atoms with Crippen LogP contribution in [0.2, 0.25) is 0 Å². The molecule has 0 fully saturated rings. The van der Waals surface area contributed by atoms with Crippen molar-refractivity contribution < 1.29 is 0 Å². The fourth-order valence-corrected chi connectivity index (χ4v) is 15.4. The molecule has 0 aliphatic carbocycles. The second kappa shape index (κ2) is 69.8. The van der Waals surface area contributed by atoms with Crippen LogP contribution in [0.25, 0.3) is 27.5 Å². The molecule has 0 atom stereocenters. The monoisotopic (exact) mass is 1670 g/mol. The Balaban J connectivity index is -0.00000139. The summed E-state index contributed by atoms with van der Waals surface area (Å²) in [5.74, 6) is 0. The van der Waals surface area contributed by atoms with Gasteiger partial charge in [-0.15, -0.1) is 0 Å². The van der Waals surface area contributed by atoms with Gasteiger partial charge in [-0.3, -0.25) is 0 Å². The van der Waals surface area contributed by atoms with Crippen molar-refractivity contribution in [1.29, 1.82) is 0 Å². The Kier molecular flexibility index (Phi) is 66.2. The van der Waals surface area contributed by atoms with Crippen LogP contribution in [0.4, 0.5) is 51.2 Å². The van der Waals surface area contributed by atoms with Gasteiger partial charge in [-0.05, 0) is 125 Å². The molecule has 0 N–H and O–H groups in total. The molecule has 21 rings (SSSR count). The number of fused-ring (bicyclic) bond motifs is 13. The van der Waals surface area contributed by atoms with E-state index in [2.05, 4.69) is 274 Å². The maximum atomic E-state index is 3.12. The van der Waals surface area contributed by atoms with Crippen LogP contribution in [0.5, 0.6) is 0 Å². The van der Waals surface area contributed by atoms with Crippen LogP contribution in [0.1, 0.15) is 366 Å². The van der Waals surface area contributed by atoms with Gasteiger partial charge in [-0.25, -0.2) is 0 Å². The lowest BCUT2D eigenvalue weighted by molar-refractivity contribution is 0.956.